The molecule has 1 heterocycles. The van der Waals surface area contributed by atoms with E-state index in [0.29, 0.717) is 34.2 Å². The highest BCUT2D eigenvalue weighted by Gasteiger charge is 2.37. The van der Waals surface area contributed by atoms with Crippen molar-refractivity contribution >= 4 is 16.8 Å². The number of hydrogen-bond acceptors (Lipinski definition) is 3. The number of fused-ring (bicyclic) bond motifs is 1. The summed E-state index contributed by atoms with van der Waals surface area (Å²) in [4.78, 5) is 17.8. The van der Waals surface area contributed by atoms with Crippen molar-refractivity contribution in [3.05, 3.63) is 101 Å². The summed E-state index contributed by atoms with van der Waals surface area (Å²) < 4.78 is 79.3. The summed E-state index contributed by atoms with van der Waals surface area (Å²) >= 11 is 0. The highest BCUT2D eigenvalue weighted by molar-refractivity contribution is 6.09. The van der Waals surface area contributed by atoms with E-state index in [9.17, 15) is 31.1 Å². The number of carbonyl (C=O) groups is 1. The highest BCUT2D eigenvalue weighted by Crippen LogP contribution is 2.37. The Morgan fingerprint density at radius 3 is 2.00 bits per heavy atom. The largest absolute Gasteiger partial charge is 0.416 e. The van der Waals surface area contributed by atoms with Crippen LogP contribution in [0.5, 0.6) is 0 Å². The van der Waals surface area contributed by atoms with Crippen LogP contribution in [0, 0.1) is 0 Å². The number of carbonyl (C=O) groups excluding carboxylic acids is 1. The zero-order valence-electron chi connectivity index (χ0n) is 18.5. The van der Waals surface area contributed by atoms with Crippen LogP contribution in [-0.4, -0.2) is 10.9 Å². The second-order valence-electron chi connectivity index (χ2n) is 7.99. The number of pyridine rings is 1. The van der Waals surface area contributed by atoms with Gasteiger partial charge in [-0.3, -0.25) is 9.78 Å². The van der Waals surface area contributed by atoms with E-state index in [1.54, 1.807) is 54.6 Å². The Hall–Kier alpha value is -3.92. The van der Waals surface area contributed by atoms with Crippen LogP contribution < -0.4 is 11.1 Å². The summed E-state index contributed by atoms with van der Waals surface area (Å²) in [5.74, 6) is -0.724. The highest BCUT2D eigenvalue weighted by atomic mass is 19.4. The predicted octanol–water partition coefficient (Wildman–Crippen LogP) is 6.33. The summed E-state index contributed by atoms with van der Waals surface area (Å²) in [5, 5.41) is 3.10. The molecule has 4 rings (SSSR count). The van der Waals surface area contributed by atoms with Gasteiger partial charge in [0.25, 0.3) is 5.91 Å². The van der Waals surface area contributed by atoms with Crippen LogP contribution in [0.3, 0.4) is 0 Å². The van der Waals surface area contributed by atoms with Gasteiger partial charge in [-0.2, -0.15) is 26.3 Å². The molecule has 0 aliphatic carbocycles. The van der Waals surface area contributed by atoms with E-state index in [0.717, 1.165) is 0 Å². The molecular weight excluding hydrogens is 484 g/mol. The van der Waals surface area contributed by atoms with Crippen LogP contribution >= 0.6 is 0 Å². The van der Waals surface area contributed by atoms with Crippen molar-refractivity contribution in [2.45, 2.75) is 25.4 Å². The number of nitrogens with one attached hydrogen (secondary N) is 1. The minimum atomic E-state index is -4.99. The Labute approximate surface area is 201 Å². The lowest BCUT2D eigenvalue weighted by molar-refractivity contribution is -0.143. The molecule has 0 unspecified atom stereocenters. The number of amides is 1. The summed E-state index contributed by atoms with van der Waals surface area (Å²) in [6, 6.07) is 17.2. The molecule has 1 aromatic heterocycles. The third kappa shape index (κ3) is 5.18. The molecule has 0 aliphatic rings. The Morgan fingerprint density at radius 1 is 0.833 bits per heavy atom. The minimum absolute atomic E-state index is 0.0403. The van der Waals surface area contributed by atoms with Gasteiger partial charge in [0, 0.05) is 24.0 Å². The maximum atomic E-state index is 13.3. The monoisotopic (exact) mass is 503 g/mol. The van der Waals surface area contributed by atoms with Crippen LogP contribution in [0.2, 0.25) is 0 Å². The first-order valence-electron chi connectivity index (χ1n) is 10.7. The van der Waals surface area contributed by atoms with E-state index in [1.165, 1.54) is 0 Å². The fraction of sp³-hybridized carbons (Fsp3) is 0.154. The van der Waals surface area contributed by atoms with Crippen LogP contribution in [0.15, 0.2) is 72.8 Å². The molecule has 0 spiro atoms. The zero-order chi connectivity index (χ0) is 26.1. The average molecular weight is 503 g/mol. The molecule has 0 fully saturated rings. The van der Waals surface area contributed by atoms with Crippen LogP contribution in [0.1, 0.15) is 32.7 Å². The van der Waals surface area contributed by atoms with Gasteiger partial charge in [-0.1, -0.05) is 48.5 Å². The number of nitrogens with zero attached hydrogens (tertiary/aromatic N) is 1. The second-order valence-corrected chi connectivity index (χ2v) is 7.99. The van der Waals surface area contributed by atoms with Gasteiger partial charge in [-0.05, 0) is 35.4 Å². The standard InChI is InChI=1S/C26H19F6N3O/c27-25(28,29)17-10-15(11-18(12-17)26(30,31)32)14-34-24(36)23-21(13-33)35-20-9-5-4-8-19(20)22(23)16-6-2-1-3-7-16/h1-12H,13-14,33H2,(H,34,36). The number of alkyl halides is 6. The van der Waals surface area contributed by atoms with Crippen molar-refractivity contribution in [2.24, 2.45) is 5.73 Å². The lowest BCUT2D eigenvalue weighted by Crippen LogP contribution is -2.26. The zero-order valence-corrected chi connectivity index (χ0v) is 18.5. The topological polar surface area (TPSA) is 68.0 Å². The van der Waals surface area contributed by atoms with Crippen LogP contribution in [-0.2, 0) is 25.4 Å². The molecule has 186 valence electrons. The van der Waals surface area contributed by atoms with Gasteiger partial charge in [0.2, 0.25) is 0 Å². The quantitative estimate of drug-likeness (QED) is 0.313. The van der Waals surface area contributed by atoms with E-state index < -0.39 is 35.9 Å². The third-order valence-electron chi connectivity index (χ3n) is 5.55. The first-order valence-corrected chi connectivity index (χ1v) is 10.7. The van der Waals surface area contributed by atoms with Crippen molar-refractivity contribution in [2.75, 3.05) is 0 Å². The van der Waals surface area contributed by atoms with Crippen LogP contribution in [0.25, 0.3) is 22.0 Å². The van der Waals surface area contributed by atoms with Crippen molar-refractivity contribution in [3.63, 3.8) is 0 Å². The number of halogens is 6. The Balaban J connectivity index is 1.78. The van der Waals surface area contributed by atoms with Crippen molar-refractivity contribution in [1.29, 1.82) is 0 Å². The van der Waals surface area contributed by atoms with Gasteiger partial charge in [-0.15, -0.1) is 0 Å². The fourth-order valence-corrected chi connectivity index (χ4v) is 3.95. The van der Waals surface area contributed by atoms with Gasteiger partial charge in [0.1, 0.15) is 0 Å². The number of benzene rings is 3. The van der Waals surface area contributed by atoms with Gasteiger partial charge in [0.15, 0.2) is 0 Å². The third-order valence-corrected chi connectivity index (χ3v) is 5.55. The summed E-state index contributed by atoms with van der Waals surface area (Å²) in [5.41, 5.74) is 4.73. The van der Waals surface area contributed by atoms with E-state index in [4.69, 9.17) is 5.73 Å². The van der Waals surface area contributed by atoms with Gasteiger partial charge >= 0.3 is 12.4 Å². The molecule has 4 nitrogen and oxygen atoms in total. The summed E-state index contributed by atoms with van der Waals surface area (Å²) in [6.07, 6.45) is -9.98. The van der Waals surface area contributed by atoms with E-state index in [-0.39, 0.29) is 29.4 Å². The van der Waals surface area contributed by atoms with Gasteiger partial charge in [-0.25, -0.2) is 0 Å². The molecule has 0 aliphatic heterocycles. The molecule has 0 saturated carbocycles. The molecule has 4 aromatic rings. The smallest absolute Gasteiger partial charge is 0.348 e. The Morgan fingerprint density at radius 2 is 1.42 bits per heavy atom. The van der Waals surface area contributed by atoms with E-state index in [2.05, 4.69) is 10.3 Å². The lowest BCUT2D eigenvalue weighted by atomic mass is 9.93. The van der Waals surface area contributed by atoms with Crippen molar-refractivity contribution in [1.82, 2.24) is 10.3 Å². The normalized spacial score (nSPS) is 12.1. The van der Waals surface area contributed by atoms with E-state index in [1.807, 2.05) is 0 Å². The molecular formula is C26H19F6N3O. The number of rotatable bonds is 5. The molecule has 36 heavy (non-hydrogen) atoms. The fourth-order valence-electron chi connectivity index (χ4n) is 3.95. The molecule has 0 radical (unpaired) electrons. The molecule has 1 amide bonds. The van der Waals surface area contributed by atoms with Gasteiger partial charge in [0.05, 0.1) is 27.9 Å². The molecule has 0 saturated heterocycles. The Bertz CT molecular complexity index is 1380. The van der Waals surface area contributed by atoms with E-state index >= 15 is 0 Å². The summed E-state index contributed by atoms with van der Waals surface area (Å²) in [7, 11) is 0. The number of para-hydroxylation sites is 1. The maximum Gasteiger partial charge on any atom is 0.416 e. The maximum absolute atomic E-state index is 13.3. The second kappa shape index (κ2) is 9.62. The average Bonchev–Trinajstić information content (AvgIpc) is 2.85. The van der Waals surface area contributed by atoms with Crippen molar-refractivity contribution in [3.8, 4) is 11.1 Å². The molecule has 3 aromatic carbocycles. The SMILES string of the molecule is NCc1nc2ccccc2c(-c2ccccc2)c1C(=O)NCc1cc(C(F)(F)F)cc(C(F)(F)F)c1. The molecule has 10 heteroatoms. The number of nitrogens with two attached hydrogens (primary N) is 1. The van der Waals surface area contributed by atoms with Gasteiger partial charge < -0.3 is 11.1 Å². The molecule has 0 atom stereocenters. The van der Waals surface area contributed by atoms with Crippen LogP contribution in [0.4, 0.5) is 26.3 Å². The Kier molecular flexibility index (Phi) is 6.73. The lowest BCUT2D eigenvalue weighted by Gasteiger charge is -2.18. The molecule has 0 bridgehead atoms. The first kappa shape index (κ1) is 25.2. The number of aromatic nitrogens is 1. The number of hydrogen-bond donors (Lipinski definition) is 2. The van der Waals surface area contributed by atoms with Crippen molar-refractivity contribution < 1.29 is 31.1 Å². The summed E-state index contributed by atoms with van der Waals surface area (Å²) in [6.45, 7) is -0.688. The first-order chi connectivity index (χ1) is 17.0. The molecule has 3 N–H and O–H groups in total. The predicted molar refractivity (Wildman–Crippen MR) is 123 cm³/mol. The minimum Gasteiger partial charge on any atom is -0.348 e.